The zero-order valence-electron chi connectivity index (χ0n) is 16.5. The molecule has 0 radical (unpaired) electrons. The van der Waals surface area contributed by atoms with Crippen molar-refractivity contribution in [2.75, 3.05) is 0 Å². The fourth-order valence-corrected chi connectivity index (χ4v) is 3.78. The highest BCUT2D eigenvalue weighted by molar-refractivity contribution is 6.30. The molecule has 0 aliphatic carbocycles. The van der Waals surface area contributed by atoms with Gasteiger partial charge in [0.15, 0.2) is 12.2 Å². The highest BCUT2D eigenvalue weighted by Crippen LogP contribution is 2.38. The smallest absolute Gasteiger partial charge is 0.181 e. The van der Waals surface area contributed by atoms with Crippen molar-refractivity contribution in [2.24, 2.45) is 0 Å². The SMILES string of the molecule is Cc1c(-c2ccc(C#N)cc2)c(C#N)c(-c2cnco2)n1Cc1cnc(Cl)c(CO)c1. The van der Waals surface area contributed by atoms with Crippen LogP contribution < -0.4 is 0 Å². The summed E-state index contributed by atoms with van der Waals surface area (Å²) >= 11 is 6.03. The van der Waals surface area contributed by atoms with E-state index in [1.54, 1.807) is 30.6 Å². The van der Waals surface area contributed by atoms with Gasteiger partial charge >= 0.3 is 0 Å². The monoisotopic (exact) mass is 429 g/mol. The fourth-order valence-electron chi connectivity index (χ4n) is 3.62. The third-order valence-electron chi connectivity index (χ3n) is 5.08. The summed E-state index contributed by atoms with van der Waals surface area (Å²) in [7, 11) is 0. The number of pyridine rings is 1. The van der Waals surface area contributed by atoms with Crippen molar-refractivity contribution in [1.82, 2.24) is 14.5 Å². The minimum atomic E-state index is -0.223. The molecule has 0 spiro atoms. The lowest BCUT2D eigenvalue weighted by atomic mass is 9.99. The third kappa shape index (κ3) is 3.69. The molecular weight excluding hydrogens is 414 g/mol. The molecule has 0 atom stereocenters. The van der Waals surface area contributed by atoms with Gasteiger partial charge in [0.2, 0.25) is 0 Å². The molecule has 8 heteroatoms. The summed E-state index contributed by atoms with van der Waals surface area (Å²) in [5, 5.41) is 28.9. The normalized spacial score (nSPS) is 10.6. The topological polar surface area (TPSA) is 112 Å². The Morgan fingerprint density at radius 3 is 2.55 bits per heavy atom. The van der Waals surface area contributed by atoms with Gasteiger partial charge in [-0.25, -0.2) is 9.97 Å². The van der Waals surface area contributed by atoms with Gasteiger partial charge < -0.3 is 14.1 Å². The van der Waals surface area contributed by atoms with Crippen molar-refractivity contribution in [1.29, 1.82) is 10.5 Å². The number of aliphatic hydroxyl groups excluding tert-OH is 1. The highest BCUT2D eigenvalue weighted by atomic mass is 35.5. The quantitative estimate of drug-likeness (QED) is 0.469. The standard InChI is InChI=1S/C23H16ClN5O2/c1-14-21(17-4-2-15(7-25)3-5-17)19(8-26)22(20-10-27-13-31-20)29(14)11-16-6-18(12-30)23(24)28-9-16/h2-6,9-10,13,30H,11-12H2,1H3. The Morgan fingerprint density at radius 1 is 1.16 bits per heavy atom. The number of benzene rings is 1. The highest BCUT2D eigenvalue weighted by Gasteiger charge is 2.25. The molecule has 0 bridgehead atoms. The maximum Gasteiger partial charge on any atom is 0.181 e. The van der Waals surface area contributed by atoms with Gasteiger partial charge in [-0.15, -0.1) is 0 Å². The number of oxazole rings is 1. The molecule has 0 unspecified atom stereocenters. The molecule has 0 saturated heterocycles. The summed E-state index contributed by atoms with van der Waals surface area (Å²) < 4.78 is 7.50. The van der Waals surface area contributed by atoms with Crippen molar-refractivity contribution in [2.45, 2.75) is 20.1 Å². The fraction of sp³-hybridized carbons (Fsp3) is 0.130. The van der Waals surface area contributed by atoms with Crippen LogP contribution in [-0.4, -0.2) is 19.6 Å². The first-order valence-corrected chi connectivity index (χ1v) is 9.72. The molecular formula is C23H16ClN5O2. The van der Waals surface area contributed by atoms with E-state index in [-0.39, 0.29) is 11.8 Å². The van der Waals surface area contributed by atoms with E-state index in [4.69, 9.17) is 21.3 Å². The van der Waals surface area contributed by atoms with E-state index in [1.165, 1.54) is 6.39 Å². The first-order chi connectivity index (χ1) is 15.1. The molecule has 31 heavy (non-hydrogen) atoms. The van der Waals surface area contributed by atoms with Crippen molar-refractivity contribution >= 4 is 11.6 Å². The van der Waals surface area contributed by atoms with Gasteiger partial charge in [0.1, 0.15) is 16.9 Å². The third-order valence-corrected chi connectivity index (χ3v) is 5.42. The van der Waals surface area contributed by atoms with E-state index in [0.717, 1.165) is 22.4 Å². The second kappa shape index (κ2) is 8.45. The maximum atomic E-state index is 10.0. The Labute approximate surface area is 183 Å². The average Bonchev–Trinajstić information content (AvgIpc) is 3.41. The van der Waals surface area contributed by atoms with E-state index >= 15 is 0 Å². The molecule has 0 amide bonds. The summed E-state index contributed by atoms with van der Waals surface area (Å²) in [6.07, 6.45) is 4.52. The second-order valence-electron chi connectivity index (χ2n) is 6.89. The van der Waals surface area contributed by atoms with E-state index in [0.29, 0.717) is 34.7 Å². The number of aromatic nitrogens is 3. The number of nitrogens with zero attached hydrogens (tertiary/aromatic N) is 5. The first kappa shape index (κ1) is 20.4. The molecule has 3 heterocycles. The minimum Gasteiger partial charge on any atom is -0.442 e. The van der Waals surface area contributed by atoms with Crippen molar-refractivity contribution in [3.05, 3.63) is 82.2 Å². The van der Waals surface area contributed by atoms with Crippen LogP contribution >= 0.6 is 11.6 Å². The summed E-state index contributed by atoms with van der Waals surface area (Å²) in [5.41, 5.74) is 5.33. The van der Waals surface area contributed by atoms with Crippen LogP contribution in [0, 0.1) is 29.6 Å². The Morgan fingerprint density at radius 2 is 1.94 bits per heavy atom. The summed E-state index contributed by atoms with van der Waals surface area (Å²) in [6.45, 7) is 2.08. The first-order valence-electron chi connectivity index (χ1n) is 9.34. The zero-order valence-corrected chi connectivity index (χ0v) is 17.3. The van der Waals surface area contributed by atoms with Crippen molar-refractivity contribution in [3.8, 4) is 34.7 Å². The number of nitriles is 2. The number of hydrogen-bond donors (Lipinski definition) is 1. The Kier molecular flexibility index (Phi) is 5.55. The van der Waals surface area contributed by atoms with Crippen LogP contribution in [0.3, 0.4) is 0 Å². The van der Waals surface area contributed by atoms with Gasteiger partial charge in [-0.05, 0) is 36.2 Å². The molecule has 152 valence electrons. The molecule has 0 saturated carbocycles. The molecule has 7 nitrogen and oxygen atoms in total. The predicted molar refractivity (Wildman–Crippen MR) is 114 cm³/mol. The van der Waals surface area contributed by atoms with Gasteiger partial charge in [-0.2, -0.15) is 10.5 Å². The van der Waals surface area contributed by atoms with E-state index in [9.17, 15) is 10.4 Å². The number of rotatable bonds is 5. The molecule has 0 aliphatic heterocycles. The lowest BCUT2D eigenvalue weighted by molar-refractivity contribution is 0.281. The van der Waals surface area contributed by atoms with E-state index in [1.807, 2.05) is 23.6 Å². The number of halogens is 1. The van der Waals surface area contributed by atoms with Crippen LogP contribution in [0.5, 0.6) is 0 Å². The average molecular weight is 430 g/mol. The molecule has 4 aromatic rings. The molecule has 1 aromatic carbocycles. The van der Waals surface area contributed by atoms with Crippen LogP contribution in [0.2, 0.25) is 5.15 Å². The molecule has 0 fully saturated rings. The second-order valence-corrected chi connectivity index (χ2v) is 7.25. The maximum absolute atomic E-state index is 10.0. The van der Waals surface area contributed by atoms with Crippen LogP contribution in [0.15, 0.2) is 53.5 Å². The lowest BCUT2D eigenvalue weighted by Crippen LogP contribution is -2.05. The zero-order chi connectivity index (χ0) is 22.0. The number of aliphatic hydroxyl groups is 1. The largest absolute Gasteiger partial charge is 0.442 e. The summed E-state index contributed by atoms with van der Waals surface area (Å²) in [5.74, 6) is 0.462. The molecule has 3 aromatic heterocycles. The van der Waals surface area contributed by atoms with Gasteiger partial charge in [-0.3, -0.25) is 0 Å². The summed E-state index contributed by atoms with van der Waals surface area (Å²) in [6, 6.07) is 13.3. The molecule has 0 aliphatic rings. The van der Waals surface area contributed by atoms with Crippen LogP contribution in [-0.2, 0) is 13.2 Å². The van der Waals surface area contributed by atoms with Gasteiger partial charge in [0.25, 0.3) is 0 Å². The molecule has 1 N–H and O–H groups in total. The Hall–Kier alpha value is -3.91. The van der Waals surface area contributed by atoms with Crippen LogP contribution in [0.4, 0.5) is 0 Å². The van der Waals surface area contributed by atoms with Crippen LogP contribution in [0.1, 0.15) is 27.9 Å². The van der Waals surface area contributed by atoms with E-state index < -0.39 is 0 Å². The van der Waals surface area contributed by atoms with E-state index in [2.05, 4.69) is 22.1 Å². The van der Waals surface area contributed by atoms with Gasteiger partial charge in [-0.1, -0.05) is 23.7 Å². The lowest BCUT2D eigenvalue weighted by Gasteiger charge is -2.12. The Bertz CT molecular complexity index is 1330. The van der Waals surface area contributed by atoms with Crippen LogP contribution in [0.25, 0.3) is 22.6 Å². The number of hydrogen-bond acceptors (Lipinski definition) is 6. The molecule has 4 rings (SSSR count). The van der Waals surface area contributed by atoms with Crippen molar-refractivity contribution in [3.63, 3.8) is 0 Å². The van der Waals surface area contributed by atoms with Gasteiger partial charge in [0.05, 0.1) is 30.0 Å². The Balaban J connectivity index is 1.93. The van der Waals surface area contributed by atoms with Crippen molar-refractivity contribution < 1.29 is 9.52 Å². The predicted octanol–water partition coefficient (Wildman–Crippen LogP) is 4.45. The minimum absolute atomic E-state index is 0.223. The summed E-state index contributed by atoms with van der Waals surface area (Å²) in [4.78, 5) is 8.16. The van der Waals surface area contributed by atoms with Gasteiger partial charge in [0, 0.05) is 29.6 Å².